The Labute approximate surface area is 160 Å². The number of para-hydroxylation sites is 2. The molecular formula is C19H16N8O. The summed E-state index contributed by atoms with van der Waals surface area (Å²) in [5, 5.41) is 9.53. The van der Waals surface area contributed by atoms with Gasteiger partial charge in [0.1, 0.15) is 0 Å². The summed E-state index contributed by atoms with van der Waals surface area (Å²) in [6, 6.07) is 17.9. The lowest BCUT2D eigenvalue weighted by Gasteiger charge is -2.11. The average molecular weight is 372 g/mol. The van der Waals surface area contributed by atoms with Gasteiger partial charge in [-0.15, -0.1) is 0 Å². The average Bonchev–Trinajstić information content (AvgIpc) is 3.23. The Morgan fingerprint density at radius 1 is 0.893 bits per heavy atom. The monoisotopic (exact) mass is 372 g/mol. The van der Waals surface area contributed by atoms with E-state index in [4.69, 9.17) is 5.73 Å². The second kappa shape index (κ2) is 7.54. The molecule has 4 aromatic rings. The number of anilines is 3. The van der Waals surface area contributed by atoms with Crippen molar-refractivity contribution in [2.24, 2.45) is 0 Å². The molecule has 4 rings (SSSR count). The molecule has 4 N–H and O–H groups in total. The van der Waals surface area contributed by atoms with Gasteiger partial charge in [0.05, 0.1) is 5.69 Å². The summed E-state index contributed by atoms with van der Waals surface area (Å²) >= 11 is 0. The number of carbonyl (C=O) groups is 1. The molecule has 2 aromatic carbocycles. The van der Waals surface area contributed by atoms with Gasteiger partial charge in [-0.1, -0.05) is 30.3 Å². The molecule has 0 radical (unpaired) electrons. The van der Waals surface area contributed by atoms with Crippen LogP contribution in [0.25, 0.3) is 17.1 Å². The molecule has 138 valence electrons. The number of nitrogens with zero attached hydrogens (tertiary/aromatic N) is 5. The molecule has 0 bridgehead atoms. The molecule has 0 aliphatic rings. The van der Waals surface area contributed by atoms with Crippen LogP contribution >= 0.6 is 0 Å². The van der Waals surface area contributed by atoms with Crippen molar-refractivity contribution >= 4 is 23.6 Å². The van der Waals surface area contributed by atoms with Crippen molar-refractivity contribution in [3.05, 3.63) is 73.1 Å². The standard InChI is InChI=1S/C19H16N8O/c20-17-23-16(14-9-4-5-10-15(14)27-12-6-11-21-27)24-18(25-17)26-19(28)22-13-7-2-1-3-8-13/h1-12H,(H4,20,22,23,24,25,26,28). The molecular weight excluding hydrogens is 356 g/mol. The van der Waals surface area contributed by atoms with Crippen molar-refractivity contribution < 1.29 is 4.79 Å². The van der Waals surface area contributed by atoms with Gasteiger partial charge in [-0.3, -0.25) is 5.32 Å². The van der Waals surface area contributed by atoms with Crippen LogP contribution in [0.4, 0.5) is 22.4 Å². The van der Waals surface area contributed by atoms with Gasteiger partial charge < -0.3 is 11.1 Å². The van der Waals surface area contributed by atoms with Crippen LogP contribution in [0.1, 0.15) is 0 Å². The van der Waals surface area contributed by atoms with Gasteiger partial charge in [-0.2, -0.15) is 20.1 Å². The van der Waals surface area contributed by atoms with Crippen LogP contribution in [-0.2, 0) is 0 Å². The highest BCUT2D eigenvalue weighted by molar-refractivity contribution is 5.98. The van der Waals surface area contributed by atoms with E-state index in [0.717, 1.165) is 5.69 Å². The summed E-state index contributed by atoms with van der Waals surface area (Å²) in [5.41, 5.74) is 7.96. The second-order valence-electron chi connectivity index (χ2n) is 5.75. The van der Waals surface area contributed by atoms with Gasteiger partial charge in [-0.25, -0.2) is 9.48 Å². The molecule has 2 aromatic heterocycles. The summed E-state index contributed by atoms with van der Waals surface area (Å²) in [4.78, 5) is 24.8. The van der Waals surface area contributed by atoms with Crippen LogP contribution in [0.15, 0.2) is 73.1 Å². The Bertz CT molecular complexity index is 1100. The first-order valence-electron chi connectivity index (χ1n) is 8.43. The summed E-state index contributed by atoms with van der Waals surface area (Å²) in [6.45, 7) is 0. The van der Waals surface area contributed by atoms with Gasteiger partial charge in [0.2, 0.25) is 11.9 Å². The van der Waals surface area contributed by atoms with Gasteiger partial charge in [-0.05, 0) is 30.3 Å². The van der Waals surface area contributed by atoms with Crippen LogP contribution in [-0.4, -0.2) is 30.8 Å². The molecule has 0 unspecified atom stereocenters. The normalized spacial score (nSPS) is 10.4. The van der Waals surface area contributed by atoms with Gasteiger partial charge in [0.15, 0.2) is 5.82 Å². The lowest BCUT2D eigenvalue weighted by Crippen LogP contribution is -2.21. The topological polar surface area (TPSA) is 124 Å². The number of nitrogens with two attached hydrogens (primary N) is 1. The summed E-state index contributed by atoms with van der Waals surface area (Å²) < 4.78 is 1.70. The molecule has 2 heterocycles. The summed E-state index contributed by atoms with van der Waals surface area (Å²) in [5.74, 6) is 0.370. The Balaban J connectivity index is 1.63. The third kappa shape index (κ3) is 3.78. The minimum absolute atomic E-state index is 0.00437. The number of urea groups is 1. The number of hydrogen-bond acceptors (Lipinski definition) is 6. The molecule has 0 atom stereocenters. The number of hydrogen-bond donors (Lipinski definition) is 3. The highest BCUT2D eigenvalue weighted by atomic mass is 16.2. The number of nitrogens with one attached hydrogen (secondary N) is 2. The zero-order valence-electron chi connectivity index (χ0n) is 14.6. The van der Waals surface area contributed by atoms with E-state index in [-0.39, 0.29) is 11.9 Å². The molecule has 0 aliphatic heterocycles. The van der Waals surface area contributed by atoms with E-state index in [0.29, 0.717) is 17.1 Å². The molecule has 0 saturated carbocycles. The number of carbonyl (C=O) groups excluding carboxylic acids is 1. The van der Waals surface area contributed by atoms with Gasteiger partial charge >= 0.3 is 6.03 Å². The Hall–Kier alpha value is -4.27. The van der Waals surface area contributed by atoms with Crippen molar-refractivity contribution in [3.63, 3.8) is 0 Å². The fraction of sp³-hybridized carbons (Fsp3) is 0. The van der Waals surface area contributed by atoms with E-state index >= 15 is 0 Å². The van der Waals surface area contributed by atoms with Crippen molar-refractivity contribution in [2.45, 2.75) is 0 Å². The molecule has 0 aliphatic carbocycles. The Morgan fingerprint density at radius 2 is 1.68 bits per heavy atom. The van der Waals surface area contributed by atoms with E-state index in [9.17, 15) is 4.79 Å². The molecule has 9 nitrogen and oxygen atoms in total. The van der Waals surface area contributed by atoms with E-state index in [1.165, 1.54) is 0 Å². The maximum Gasteiger partial charge on any atom is 0.326 e. The van der Waals surface area contributed by atoms with Crippen molar-refractivity contribution in [3.8, 4) is 17.1 Å². The van der Waals surface area contributed by atoms with Crippen molar-refractivity contribution in [1.82, 2.24) is 24.7 Å². The van der Waals surface area contributed by atoms with Crippen LogP contribution < -0.4 is 16.4 Å². The maximum atomic E-state index is 12.2. The highest BCUT2D eigenvalue weighted by Crippen LogP contribution is 2.24. The third-order valence-corrected chi connectivity index (χ3v) is 3.81. The fourth-order valence-electron chi connectivity index (χ4n) is 2.63. The van der Waals surface area contributed by atoms with E-state index in [2.05, 4.69) is 30.7 Å². The Kier molecular flexibility index (Phi) is 4.62. The predicted octanol–water partition coefficient (Wildman–Crippen LogP) is 2.95. The van der Waals surface area contributed by atoms with Crippen LogP contribution in [0.2, 0.25) is 0 Å². The predicted molar refractivity (Wildman–Crippen MR) is 106 cm³/mol. The van der Waals surface area contributed by atoms with Crippen molar-refractivity contribution in [2.75, 3.05) is 16.4 Å². The first-order chi connectivity index (χ1) is 13.7. The summed E-state index contributed by atoms with van der Waals surface area (Å²) in [6.07, 6.45) is 3.50. The Morgan fingerprint density at radius 3 is 2.46 bits per heavy atom. The number of amides is 2. The van der Waals surface area contributed by atoms with Crippen LogP contribution in [0, 0.1) is 0 Å². The third-order valence-electron chi connectivity index (χ3n) is 3.81. The smallest absolute Gasteiger partial charge is 0.326 e. The molecule has 0 spiro atoms. The van der Waals surface area contributed by atoms with Crippen molar-refractivity contribution in [1.29, 1.82) is 0 Å². The van der Waals surface area contributed by atoms with Crippen LogP contribution in [0.5, 0.6) is 0 Å². The quantitative estimate of drug-likeness (QED) is 0.506. The zero-order valence-corrected chi connectivity index (χ0v) is 14.6. The molecule has 28 heavy (non-hydrogen) atoms. The minimum Gasteiger partial charge on any atom is -0.368 e. The summed E-state index contributed by atoms with van der Waals surface area (Å²) in [7, 11) is 0. The fourth-order valence-corrected chi connectivity index (χ4v) is 2.63. The SMILES string of the molecule is Nc1nc(NC(=O)Nc2ccccc2)nc(-c2ccccc2-n2cccn2)n1. The first-order valence-corrected chi connectivity index (χ1v) is 8.43. The maximum absolute atomic E-state index is 12.2. The number of nitrogen functional groups attached to an aromatic ring is 1. The van der Waals surface area contributed by atoms with Gasteiger partial charge in [0, 0.05) is 23.6 Å². The number of rotatable bonds is 4. The second-order valence-corrected chi connectivity index (χ2v) is 5.75. The van der Waals surface area contributed by atoms with Crippen LogP contribution in [0.3, 0.4) is 0 Å². The van der Waals surface area contributed by atoms with Gasteiger partial charge in [0.25, 0.3) is 0 Å². The number of benzene rings is 2. The zero-order chi connectivity index (χ0) is 19.3. The highest BCUT2D eigenvalue weighted by Gasteiger charge is 2.14. The van der Waals surface area contributed by atoms with E-state index in [1.807, 2.05) is 54.7 Å². The molecule has 2 amide bonds. The molecule has 0 fully saturated rings. The van der Waals surface area contributed by atoms with E-state index in [1.54, 1.807) is 23.0 Å². The lowest BCUT2D eigenvalue weighted by molar-refractivity contribution is 0.262. The minimum atomic E-state index is -0.483. The first kappa shape index (κ1) is 17.2. The number of aromatic nitrogens is 5. The largest absolute Gasteiger partial charge is 0.368 e. The van der Waals surface area contributed by atoms with E-state index < -0.39 is 6.03 Å². The molecule has 0 saturated heterocycles. The molecule has 9 heteroatoms. The lowest BCUT2D eigenvalue weighted by atomic mass is 10.1.